The molecule has 3 rings (SSSR count). The lowest BCUT2D eigenvalue weighted by atomic mass is 10.1. The molecule has 7 nitrogen and oxygen atoms in total. The van der Waals surface area contributed by atoms with Crippen molar-refractivity contribution in [1.29, 1.82) is 0 Å². The summed E-state index contributed by atoms with van der Waals surface area (Å²) in [6.07, 6.45) is 6.41. The third-order valence-electron chi connectivity index (χ3n) is 4.94. The van der Waals surface area contributed by atoms with E-state index < -0.39 is 0 Å². The summed E-state index contributed by atoms with van der Waals surface area (Å²) in [5.41, 5.74) is 0. The molecule has 0 aromatic carbocycles. The first-order chi connectivity index (χ1) is 13.3. The summed E-state index contributed by atoms with van der Waals surface area (Å²) < 4.78 is 10.8. The first-order valence-electron chi connectivity index (χ1n) is 10.2. The zero-order valence-electron chi connectivity index (χ0n) is 16.7. The van der Waals surface area contributed by atoms with E-state index in [0.29, 0.717) is 30.8 Å². The van der Waals surface area contributed by atoms with Crippen LogP contribution in [0.3, 0.4) is 0 Å². The quantitative estimate of drug-likeness (QED) is 0.210. The fraction of sp³-hybridized carbons (Fsp3) is 0.700. The zero-order chi connectivity index (χ0) is 18.9. The molecule has 28 heavy (non-hydrogen) atoms. The van der Waals surface area contributed by atoms with Gasteiger partial charge in [-0.2, -0.15) is 0 Å². The molecule has 2 heterocycles. The van der Waals surface area contributed by atoms with E-state index in [9.17, 15) is 4.79 Å². The SMILES string of the molecule is CCOCCCNC(=NCC1CC(=O)N(C2CC2)C1)NCCc1ccco1.I. The summed E-state index contributed by atoms with van der Waals surface area (Å²) in [5.74, 6) is 2.38. The predicted octanol–water partition coefficient (Wildman–Crippen LogP) is 2.41. The van der Waals surface area contributed by atoms with E-state index in [-0.39, 0.29) is 24.0 Å². The average Bonchev–Trinajstić information content (AvgIpc) is 3.24. The third kappa shape index (κ3) is 7.62. The highest BCUT2D eigenvalue weighted by atomic mass is 127. The van der Waals surface area contributed by atoms with Crippen molar-refractivity contribution >= 4 is 35.8 Å². The number of aliphatic imine (C=N–C) groups is 1. The second-order valence-electron chi connectivity index (χ2n) is 7.27. The second kappa shape index (κ2) is 12.3. The molecule has 158 valence electrons. The van der Waals surface area contributed by atoms with Gasteiger partial charge in [0.1, 0.15) is 5.76 Å². The van der Waals surface area contributed by atoms with Gasteiger partial charge < -0.3 is 24.7 Å². The highest BCUT2D eigenvalue weighted by Gasteiger charge is 2.39. The van der Waals surface area contributed by atoms with Crippen LogP contribution in [0.5, 0.6) is 0 Å². The van der Waals surface area contributed by atoms with Crippen LogP contribution < -0.4 is 10.6 Å². The minimum atomic E-state index is 0. The first-order valence-corrected chi connectivity index (χ1v) is 10.2. The molecule has 1 aliphatic carbocycles. The van der Waals surface area contributed by atoms with Crippen LogP contribution in [-0.2, 0) is 16.0 Å². The third-order valence-corrected chi connectivity index (χ3v) is 4.94. The molecule has 1 aromatic rings. The number of rotatable bonds is 11. The van der Waals surface area contributed by atoms with Gasteiger partial charge in [-0.15, -0.1) is 24.0 Å². The van der Waals surface area contributed by atoms with E-state index in [4.69, 9.17) is 14.1 Å². The lowest BCUT2D eigenvalue weighted by Crippen LogP contribution is -2.39. The Morgan fingerprint density at radius 2 is 2.18 bits per heavy atom. The highest BCUT2D eigenvalue weighted by Crippen LogP contribution is 2.32. The number of likely N-dealkylation sites (tertiary alicyclic amines) is 1. The topological polar surface area (TPSA) is 79.1 Å². The number of hydrogen-bond acceptors (Lipinski definition) is 4. The van der Waals surface area contributed by atoms with Crippen molar-refractivity contribution in [2.45, 2.75) is 45.1 Å². The van der Waals surface area contributed by atoms with Crippen molar-refractivity contribution in [2.75, 3.05) is 39.4 Å². The van der Waals surface area contributed by atoms with E-state index in [1.165, 1.54) is 12.8 Å². The van der Waals surface area contributed by atoms with Crippen molar-refractivity contribution in [3.63, 3.8) is 0 Å². The number of furan rings is 1. The first kappa shape index (κ1) is 23.0. The van der Waals surface area contributed by atoms with Gasteiger partial charge in [-0.05, 0) is 38.3 Å². The highest BCUT2D eigenvalue weighted by molar-refractivity contribution is 14.0. The Balaban J connectivity index is 0.00000280. The average molecular weight is 504 g/mol. The molecular formula is C20H33IN4O3. The number of ether oxygens (including phenoxy) is 1. The van der Waals surface area contributed by atoms with Gasteiger partial charge in [-0.1, -0.05) is 0 Å². The number of carbonyl (C=O) groups excluding carboxylic acids is 1. The molecule has 2 N–H and O–H groups in total. The molecular weight excluding hydrogens is 471 g/mol. The predicted molar refractivity (Wildman–Crippen MR) is 120 cm³/mol. The molecule has 0 spiro atoms. The molecule has 2 aliphatic rings. The molecule has 0 radical (unpaired) electrons. The van der Waals surface area contributed by atoms with Crippen molar-refractivity contribution in [1.82, 2.24) is 15.5 Å². The van der Waals surface area contributed by atoms with Gasteiger partial charge in [-0.3, -0.25) is 9.79 Å². The van der Waals surface area contributed by atoms with Crippen LogP contribution in [0, 0.1) is 5.92 Å². The van der Waals surface area contributed by atoms with Crippen LogP contribution in [0.4, 0.5) is 0 Å². The van der Waals surface area contributed by atoms with Crippen LogP contribution in [-0.4, -0.2) is 62.2 Å². The molecule has 1 aliphatic heterocycles. The molecule has 1 saturated heterocycles. The van der Waals surface area contributed by atoms with Crippen molar-refractivity contribution < 1.29 is 13.9 Å². The standard InChI is InChI=1S/C20H32N4O3.HI/c1-2-26-11-4-9-21-20(22-10-8-18-5-3-12-27-18)23-14-16-13-19(25)24(15-16)17-6-7-17;/h3,5,12,16-17H,2,4,6-11,13-15H2,1H3,(H2,21,22,23);1H. The molecule has 0 bridgehead atoms. The van der Waals surface area contributed by atoms with Gasteiger partial charge in [0.25, 0.3) is 0 Å². The van der Waals surface area contributed by atoms with E-state index in [0.717, 1.165) is 57.4 Å². The molecule has 1 atom stereocenters. The molecule has 8 heteroatoms. The molecule has 1 saturated carbocycles. The molecule has 2 fully saturated rings. The van der Waals surface area contributed by atoms with Crippen molar-refractivity contribution in [2.24, 2.45) is 10.9 Å². The number of halogens is 1. The zero-order valence-corrected chi connectivity index (χ0v) is 19.0. The van der Waals surface area contributed by atoms with Crippen LogP contribution in [0.1, 0.15) is 38.4 Å². The van der Waals surface area contributed by atoms with Crippen LogP contribution in [0.15, 0.2) is 27.8 Å². The normalized spacial score (nSPS) is 19.6. The number of carbonyl (C=O) groups is 1. The van der Waals surface area contributed by atoms with E-state index >= 15 is 0 Å². The van der Waals surface area contributed by atoms with Gasteiger partial charge in [0.2, 0.25) is 5.91 Å². The summed E-state index contributed by atoms with van der Waals surface area (Å²) in [6.45, 7) is 6.59. The molecule has 1 amide bonds. The summed E-state index contributed by atoms with van der Waals surface area (Å²) >= 11 is 0. The minimum absolute atomic E-state index is 0. The Bertz CT molecular complexity index is 605. The Hall–Kier alpha value is -1.29. The van der Waals surface area contributed by atoms with E-state index in [1.807, 2.05) is 19.1 Å². The largest absolute Gasteiger partial charge is 0.469 e. The number of nitrogens with one attached hydrogen (secondary N) is 2. The Labute approximate surface area is 184 Å². The van der Waals surface area contributed by atoms with Crippen molar-refractivity contribution in [3.05, 3.63) is 24.2 Å². The van der Waals surface area contributed by atoms with Gasteiger partial charge >= 0.3 is 0 Å². The maximum absolute atomic E-state index is 12.1. The van der Waals surface area contributed by atoms with Crippen LogP contribution >= 0.6 is 24.0 Å². The number of amides is 1. The lowest BCUT2D eigenvalue weighted by molar-refractivity contribution is -0.128. The molecule has 1 unspecified atom stereocenters. The van der Waals surface area contributed by atoms with Gasteiger partial charge in [0.05, 0.1) is 6.26 Å². The summed E-state index contributed by atoms with van der Waals surface area (Å²) in [6, 6.07) is 4.39. The second-order valence-corrected chi connectivity index (χ2v) is 7.27. The smallest absolute Gasteiger partial charge is 0.223 e. The van der Waals surface area contributed by atoms with Gasteiger partial charge in [-0.25, -0.2) is 0 Å². The van der Waals surface area contributed by atoms with Crippen molar-refractivity contribution in [3.8, 4) is 0 Å². The number of guanidine groups is 1. The van der Waals surface area contributed by atoms with Gasteiger partial charge in [0, 0.05) is 64.2 Å². The Kier molecular flexibility index (Phi) is 10.1. The number of nitrogens with zero attached hydrogens (tertiary/aromatic N) is 2. The Morgan fingerprint density at radius 1 is 1.36 bits per heavy atom. The fourth-order valence-corrected chi connectivity index (χ4v) is 3.35. The maximum Gasteiger partial charge on any atom is 0.223 e. The van der Waals surface area contributed by atoms with Crippen LogP contribution in [0.2, 0.25) is 0 Å². The minimum Gasteiger partial charge on any atom is -0.469 e. The summed E-state index contributed by atoms with van der Waals surface area (Å²) in [5, 5.41) is 6.74. The summed E-state index contributed by atoms with van der Waals surface area (Å²) in [4.78, 5) is 18.9. The monoisotopic (exact) mass is 504 g/mol. The Morgan fingerprint density at radius 3 is 2.89 bits per heavy atom. The summed E-state index contributed by atoms with van der Waals surface area (Å²) in [7, 11) is 0. The number of hydrogen-bond donors (Lipinski definition) is 2. The lowest BCUT2D eigenvalue weighted by Gasteiger charge is -2.15. The maximum atomic E-state index is 12.1. The van der Waals surface area contributed by atoms with E-state index in [2.05, 4.69) is 15.5 Å². The van der Waals surface area contributed by atoms with Gasteiger partial charge in [0.15, 0.2) is 5.96 Å². The fourth-order valence-electron chi connectivity index (χ4n) is 3.35. The van der Waals surface area contributed by atoms with E-state index in [1.54, 1.807) is 6.26 Å². The van der Waals surface area contributed by atoms with Crippen LogP contribution in [0.25, 0.3) is 0 Å². The molecule has 1 aromatic heterocycles.